The molecule has 0 aromatic heterocycles. The van der Waals surface area contributed by atoms with Crippen LogP contribution in [0.4, 0.5) is 0 Å². The third-order valence-corrected chi connectivity index (χ3v) is 3.25. The highest BCUT2D eigenvalue weighted by molar-refractivity contribution is 6.17. The lowest BCUT2D eigenvalue weighted by atomic mass is 9.50. The summed E-state index contributed by atoms with van der Waals surface area (Å²) in [7, 11) is 0. The zero-order valence-corrected chi connectivity index (χ0v) is 7.86. The molecule has 3 rings (SSSR count). The molecule has 0 unspecified atom stereocenters. The summed E-state index contributed by atoms with van der Waals surface area (Å²) in [5.41, 5.74) is 0.244. The number of hydrogen-bond acceptors (Lipinski definition) is 1. The molecule has 0 spiro atoms. The van der Waals surface area contributed by atoms with Gasteiger partial charge in [-0.05, 0) is 31.6 Å². The van der Waals surface area contributed by atoms with Gasteiger partial charge in [-0.15, -0.1) is 11.6 Å². The molecular formula is C9H14ClNO. The summed E-state index contributed by atoms with van der Waals surface area (Å²) in [6.07, 6.45) is 5.06. The minimum Gasteiger partial charge on any atom is -0.351 e. The molecule has 3 aliphatic carbocycles. The van der Waals surface area contributed by atoms with Crippen molar-refractivity contribution in [2.75, 3.05) is 5.88 Å². The van der Waals surface area contributed by atoms with Crippen molar-refractivity contribution in [2.24, 2.45) is 5.92 Å². The van der Waals surface area contributed by atoms with E-state index in [0.717, 1.165) is 12.3 Å². The van der Waals surface area contributed by atoms with Gasteiger partial charge in [0.1, 0.15) is 0 Å². The molecule has 3 saturated carbocycles. The first-order valence-electron chi connectivity index (χ1n) is 4.61. The molecule has 2 nitrogen and oxygen atoms in total. The van der Waals surface area contributed by atoms with Crippen LogP contribution in [0.15, 0.2) is 0 Å². The third-order valence-electron chi connectivity index (χ3n) is 2.98. The zero-order valence-electron chi connectivity index (χ0n) is 7.11. The number of amides is 1. The molecule has 12 heavy (non-hydrogen) atoms. The zero-order chi connectivity index (χ0) is 8.60. The van der Waals surface area contributed by atoms with Crippen molar-refractivity contribution >= 4 is 17.5 Å². The summed E-state index contributed by atoms with van der Waals surface area (Å²) in [6.45, 7) is 0. The van der Waals surface area contributed by atoms with Crippen LogP contribution in [0.25, 0.3) is 0 Å². The lowest BCUT2D eigenvalue weighted by Crippen LogP contribution is -2.68. The molecule has 0 aromatic rings. The molecule has 3 aliphatic rings. The van der Waals surface area contributed by atoms with Crippen molar-refractivity contribution in [2.45, 2.75) is 37.6 Å². The van der Waals surface area contributed by atoms with Crippen molar-refractivity contribution in [3.8, 4) is 0 Å². The topological polar surface area (TPSA) is 29.1 Å². The Kier molecular flexibility index (Phi) is 2.03. The van der Waals surface area contributed by atoms with Crippen molar-refractivity contribution in [3.05, 3.63) is 0 Å². The summed E-state index contributed by atoms with van der Waals surface area (Å²) in [5, 5.41) is 3.10. The summed E-state index contributed by atoms with van der Waals surface area (Å²) >= 11 is 5.49. The van der Waals surface area contributed by atoms with E-state index in [-0.39, 0.29) is 11.4 Å². The van der Waals surface area contributed by atoms with E-state index in [1.54, 1.807) is 0 Å². The average Bonchev–Trinajstić information content (AvgIpc) is 1.90. The summed E-state index contributed by atoms with van der Waals surface area (Å²) in [6, 6.07) is 0. The highest BCUT2D eigenvalue weighted by Gasteiger charge is 2.57. The Morgan fingerprint density at radius 3 is 2.58 bits per heavy atom. The largest absolute Gasteiger partial charge is 0.351 e. The number of halogens is 1. The lowest BCUT2D eigenvalue weighted by Gasteiger charge is -2.61. The maximum absolute atomic E-state index is 11.3. The van der Waals surface area contributed by atoms with Gasteiger partial charge in [0.15, 0.2) is 0 Å². The van der Waals surface area contributed by atoms with Crippen LogP contribution < -0.4 is 5.32 Å². The van der Waals surface area contributed by atoms with Crippen LogP contribution in [-0.4, -0.2) is 17.3 Å². The maximum atomic E-state index is 11.3. The first-order valence-corrected chi connectivity index (χ1v) is 5.14. The molecule has 1 amide bonds. The highest BCUT2D eigenvalue weighted by Crippen LogP contribution is 2.56. The maximum Gasteiger partial charge on any atom is 0.220 e. The molecule has 2 bridgehead atoms. The van der Waals surface area contributed by atoms with Crippen molar-refractivity contribution < 1.29 is 4.79 Å². The minimum absolute atomic E-state index is 0.189. The fraction of sp³-hybridized carbons (Fsp3) is 0.889. The van der Waals surface area contributed by atoms with E-state index >= 15 is 0 Å². The van der Waals surface area contributed by atoms with Gasteiger partial charge in [0.2, 0.25) is 5.91 Å². The van der Waals surface area contributed by atoms with Gasteiger partial charge in [-0.3, -0.25) is 4.79 Å². The van der Waals surface area contributed by atoms with Crippen LogP contribution in [-0.2, 0) is 4.79 Å². The van der Waals surface area contributed by atoms with Crippen LogP contribution in [0.5, 0.6) is 0 Å². The summed E-state index contributed by atoms with van der Waals surface area (Å²) in [5.74, 6) is 1.70. The second kappa shape index (κ2) is 2.91. The second-order valence-corrected chi connectivity index (χ2v) is 4.48. The fourth-order valence-corrected chi connectivity index (χ4v) is 2.35. The molecule has 0 saturated heterocycles. The Balaban J connectivity index is 1.68. The van der Waals surface area contributed by atoms with Gasteiger partial charge < -0.3 is 5.32 Å². The van der Waals surface area contributed by atoms with E-state index in [1.807, 2.05) is 0 Å². The molecule has 0 radical (unpaired) electrons. The van der Waals surface area contributed by atoms with Gasteiger partial charge in [-0.2, -0.15) is 0 Å². The Bertz CT molecular complexity index is 188. The van der Waals surface area contributed by atoms with Crippen LogP contribution in [0.3, 0.4) is 0 Å². The molecule has 0 aromatic carbocycles. The standard InChI is InChI=1S/C9H14ClNO/c10-3-1-2-8(12)11-9-4-7(5-9)6-9/h7H,1-6H2,(H,11,12). The molecule has 0 heterocycles. The van der Waals surface area contributed by atoms with E-state index in [2.05, 4.69) is 5.32 Å². The predicted octanol–water partition coefficient (Wildman–Crippen LogP) is 1.67. The van der Waals surface area contributed by atoms with Gasteiger partial charge in [-0.25, -0.2) is 0 Å². The third kappa shape index (κ3) is 1.33. The molecule has 3 heteroatoms. The van der Waals surface area contributed by atoms with Crippen molar-refractivity contribution in [3.63, 3.8) is 0 Å². The van der Waals surface area contributed by atoms with Gasteiger partial charge in [0, 0.05) is 17.8 Å². The smallest absolute Gasteiger partial charge is 0.220 e. The van der Waals surface area contributed by atoms with Crippen LogP contribution in [0, 0.1) is 5.92 Å². The van der Waals surface area contributed by atoms with Gasteiger partial charge >= 0.3 is 0 Å². The van der Waals surface area contributed by atoms with Gasteiger partial charge in [0.25, 0.3) is 0 Å². The molecule has 0 aliphatic heterocycles. The fourth-order valence-electron chi connectivity index (χ4n) is 2.22. The Morgan fingerprint density at radius 1 is 1.50 bits per heavy atom. The predicted molar refractivity (Wildman–Crippen MR) is 48.2 cm³/mol. The molecule has 68 valence electrons. The molecule has 3 fully saturated rings. The molecule has 1 N–H and O–H groups in total. The number of hydrogen-bond donors (Lipinski definition) is 1. The average molecular weight is 188 g/mol. The SMILES string of the molecule is O=C(CCCCl)NC12CC(C1)C2. The number of carbonyl (C=O) groups is 1. The van der Waals surface area contributed by atoms with Crippen LogP contribution in [0.2, 0.25) is 0 Å². The van der Waals surface area contributed by atoms with Gasteiger partial charge in [0.05, 0.1) is 0 Å². The van der Waals surface area contributed by atoms with E-state index in [4.69, 9.17) is 11.6 Å². The van der Waals surface area contributed by atoms with Crippen molar-refractivity contribution in [1.82, 2.24) is 5.32 Å². The van der Waals surface area contributed by atoms with Gasteiger partial charge in [-0.1, -0.05) is 0 Å². The Morgan fingerprint density at radius 2 is 2.17 bits per heavy atom. The number of alkyl halides is 1. The number of carbonyl (C=O) groups excluding carboxylic acids is 1. The van der Waals surface area contributed by atoms with Crippen molar-refractivity contribution in [1.29, 1.82) is 0 Å². The molecule has 0 atom stereocenters. The lowest BCUT2D eigenvalue weighted by molar-refractivity contribution is -0.132. The highest BCUT2D eigenvalue weighted by atomic mass is 35.5. The summed E-state index contributed by atoms with van der Waals surface area (Å²) in [4.78, 5) is 11.3. The Labute approximate surface area is 77.7 Å². The monoisotopic (exact) mass is 187 g/mol. The Hall–Kier alpha value is -0.240. The normalized spacial score (nSPS) is 36.6. The molecular weight excluding hydrogens is 174 g/mol. The minimum atomic E-state index is 0.189. The van der Waals surface area contributed by atoms with Crippen LogP contribution >= 0.6 is 11.6 Å². The number of rotatable bonds is 4. The first kappa shape index (κ1) is 8.36. The number of nitrogens with one attached hydrogen (secondary N) is 1. The van der Waals surface area contributed by atoms with Crippen LogP contribution in [0.1, 0.15) is 32.1 Å². The second-order valence-electron chi connectivity index (χ2n) is 4.10. The van der Waals surface area contributed by atoms with E-state index < -0.39 is 0 Å². The first-order chi connectivity index (χ1) is 5.74. The summed E-state index contributed by atoms with van der Waals surface area (Å²) < 4.78 is 0. The van der Waals surface area contributed by atoms with E-state index in [9.17, 15) is 4.79 Å². The van der Waals surface area contributed by atoms with E-state index in [1.165, 1.54) is 19.3 Å². The quantitative estimate of drug-likeness (QED) is 0.667. The van der Waals surface area contributed by atoms with E-state index in [0.29, 0.717) is 12.3 Å².